The molecule has 2 amide bonds. The summed E-state index contributed by atoms with van der Waals surface area (Å²) >= 11 is 1.55. The smallest absolute Gasteiger partial charge is 0.257 e. The highest BCUT2D eigenvalue weighted by Gasteiger charge is 2.36. The Labute approximate surface area is 182 Å². The lowest BCUT2D eigenvalue weighted by Gasteiger charge is -2.28. The maximum Gasteiger partial charge on any atom is 0.257 e. The van der Waals surface area contributed by atoms with E-state index >= 15 is 0 Å². The highest BCUT2D eigenvalue weighted by atomic mass is 32.1. The van der Waals surface area contributed by atoms with E-state index in [1.807, 2.05) is 17.5 Å². The van der Waals surface area contributed by atoms with Gasteiger partial charge in [-0.25, -0.2) is 9.40 Å². The molecule has 2 aromatic heterocycles. The third-order valence-electron chi connectivity index (χ3n) is 5.10. The summed E-state index contributed by atoms with van der Waals surface area (Å²) in [6, 6.07) is 11.8. The van der Waals surface area contributed by atoms with Crippen LogP contribution in [0.4, 0.5) is 4.39 Å². The topological polar surface area (TPSA) is 92.1 Å². The van der Waals surface area contributed by atoms with Gasteiger partial charge in [0.05, 0.1) is 23.4 Å². The SMILES string of the molecule is CN(CC(=O)N1N=C(c2cccs2)CC1c1ccco1)C(C(N)=O)c1cccc(F)c1. The first kappa shape index (κ1) is 21.0. The molecule has 3 aromatic rings. The fourth-order valence-electron chi connectivity index (χ4n) is 3.72. The monoisotopic (exact) mass is 440 g/mol. The second kappa shape index (κ2) is 8.83. The van der Waals surface area contributed by atoms with E-state index in [4.69, 9.17) is 10.2 Å². The molecule has 0 radical (unpaired) electrons. The minimum absolute atomic E-state index is 0.136. The van der Waals surface area contributed by atoms with E-state index in [1.165, 1.54) is 28.1 Å². The number of rotatable bonds is 7. The van der Waals surface area contributed by atoms with Crippen molar-refractivity contribution in [3.8, 4) is 0 Å². The Morgan fingerprint density at radius 3 is 2.81 bits per heavy atom. The maximum atomic E-state index is 13.7. The number of nitrogens with zero attached hydrogens (tertiary/aromatic N) is 3. The van der Waals surface area contributed by atoms with Crippen molar-refractivity contribution in [2.45, 2.75) is 18.5 Å². The Kier molecular flexibility index (Phi) is 5.97. The molecule has 3 heterocycles. The highest BCUT2D eigenvalue weighted by Crippen LogP contribution is 2.34. The fourth-order valence-corrected chi connectivity index (χ4v) is 4.45. The first-order valence-corrected chi connectivity index (χ1v) is 10.5. The van der Waals surface area contributed by atoms with Crippen LogP contribution >= 0.6 is 11.3 Å². The van der Waals surface area contributed by atoms with E-state index in [2.05, 4.69) is 5.10 Å². The van der Waals surface area contributed by atoms with Gasteiger partial charge in [-0.2, -0.15) is 5.10 Å². The van der Waals surface area contributed by atoms with Gasteiger partial charge in [0.2, 0.25) is 5.91 Å². The van der Waals surface area contributed by atoms with E-state index in [-0.39, 0.29) is 18.5 Å². The van der Waals surface area contributed by atoms with Gasteiger partial charge in [-0.15, -0.1) is 11.3 Å². The third-order valence-corrected chi connectivity index (χ3v) is 6.02. The zero-order chi connectivity index (χ0) is 22.0. The lowest BCUT2D eigenvalue weighted by molar-refractivity contribution is -0.135. The summed E-state index contributed by atoms with van der Waals surface area (Å²) < 4.78 is 19.2. The van der Waals surface area contributed by atoms with Crippen molar-refractivity contribution >= 4 is 28.9 Å². The van der Waals surface area contributed by atoms with Crippen LogP contribution in [0.5, 0.6) is 0 Å². The Balaban J connectivity index is 1.58. The normalized spacial score (nSPS) is 17.1. The number of benzene rings is 1. The zero-order valence-electron chi connectivity index (χ0n) is 16.8. The number of hydrazone groups is 1. The molecule has 0 fully saturated rings. The van der Waals surface area contributed by atoms with Gasteiger partial charge in [-0.3, -0.25) is 14.5 Å². The van der Waals surface area contributed by atoms with Crippen LogP contribution in [-0.4, -0.2) is 41.0 Å². The minimum Gasteiger partial charge on any atom is -0.467 e. The summed E-state index contributed by atoms with van der Waals surface area (Å²) in [5.41, 5.74) is 6.75. The largest absolute Gasteiger partial charge is 0.467 e. The molecule has 2 atom stereocenters. The summed E-state index contributed by atoms with van der Waals surface area (Å²) in [6.07, 6.45) is 2.08. The number of hydrogen-bond donors (Lipinski definition) is 1. The first-order chi connectivity index (χ1) is 14.9. The number of thiophene rings is 1. The second-order valence-electron chi connectivity index (χ2n) is 7.27. The Bertz CT molecular complexity index is 1100. The number of nitrogens with two attached hydrogens (primary N) is 1. The van der Waals surface area contributed by atoms with Gasteiger partial charge >= 0.3 is 0 Å². The van der Waals surface area contributed by atoms with Crippen molar-refractivity contribution in [3.63, 3.8) is 0 Å². The van der Waals surface area contributed by atoms with Crippen molar-refractivity contribution in [2.75, 3.05) is 13.6 Å². The molecule has 1 aliphatic rings. The molecule has 0 spiro atoms. The summed E-state index contributed by atoms with van der Waals surface area (Å²) in [7, 11) is 1.60. The maximum absolute atomic E-state index is 13.7. The molecule has 4 rings (SSSR count). The molecule has 0 bridgehead atoms. The van der Waals surface area contributed by atoms with Crippen LogP contribution in [0.25, 0.3) is 0 Å². The zero-order valence-corrected chi connectivity index (χ0v) is 17.6. The molecule has 0 saturated carbocycles. The molecule has 1 aromatic carbocycles. The number of likely N-dealkylation sites (N-methyl/N-ethyl adjacent to an activating group) is 1. The molecular weight excluding hydrogens is 419 g/mol. The van der Waals surface area contributed by atoms with Gasteiger partial charge in [-0.05, 0) is 48.3 Å². The third kappa shape index (κ3) is 4.42. The van der Waals surface area contributed by atoms with Crippen molar-refractivity contribution in [1.29, 1.82) is 0 Å². The Morgan fingerprint density at radius 2 is 2.16 bits per heavy atom. The predicted molar refractivity (Wildman–Crippen MR) is 115 cm³/mol. The quantitative estimate of drug-likeness (QED) is 0.610. The molecule has 9 heteroatoms. The second-order valence-corrected chi connectivity index (χ2v) is 8.22. The molecule has 0 saturated heterocycles. The summed E-state index contributed by atoms with van der Waals surface area (Å²) in [5.74, 6) is -0.847. The summed E-state index contributed by atoms with van der Waals surface area (Å²) in [5, 5.41) is 7.91. The Hall–Kier alpha value is -3.30. The van der Waals surface area contributed by atoms with E-state index in [9.17, 15) is 14.0 Å². The molecular formula is C22H21FN4O3S. The molecule has 0 aliphatic carbocycles. The van der Waals surface area contributed by atoms with Crippen molar-refractivity contribution in [1.82, 2.24) is 9.91 Å². The summed E-state index contributed by atoms with van der Waals surface area (Å²) in [4.78, 5) is 27.8. The van der Waals surface area contributed by atoms with E-state index < -0.39 is 17.8 Å². The van der Waals surface area contributed by atoms with Gasteiger partial charge in [-0.1, -0.05) is 18.2 Å². The van der Waals surface area contributed by atoms with Gasteiger partial charge in [0, 0.05) is 6.42 Å². The van der Waals surface area contributed by atoms with E-state index in [0.717, 1.165) is 10.6 Å². The Morgan fingerprint density at radius 1 is 1.32 bits per heavy atom. The predicted octanol–water partition coefficient (Wildman–Crippen LogP) is 3.32. The van der Waals surface area contributed by atoms with Crippen LogP contribution in [-0.2, 0) is 9.59 Å². The van der Waals surface area contributed by atoms with Crippen molar-refractivity contribution < 1.29 is 18.4 Å². The average Bonchev–Trinajstić information content (AvgIpc) is 3.47. The van der Waals surface area contributed by atoms with Gasteiger partial charge in [0.25, 0.3) is 5.91 Å². The number of primary amides is 1. The average molecular weight is 441 g/mol. The van der Waals surface area contributed by atoms with Gasteiger partial charge in [0.15, 0.2) is 0 Å². The minimum atomic E-state index is -0.954. The number of carbonyl (C=O) groups excluding carboxylic acids is 2. The van der Waals surface area contributed by atoms with Crippen molar-refractivity contribution in [2.24, 2.45) is 10.8 Å². The fraction of sp³-hybridized carbons (Fsp3) is 0.227. The molecule has 2 unspecified atom stereocenters. The number of carbonyl (C=O) groups is 2. The standard InChI is InChI=1S/C22H21FN4O3S/c1-26(21(22(24)29)14-5-2-6-15(23)11-14)13-20(28)27-17(18-7-3-9-30-18)12-16(25-27)19-8-4-10-31-19/h2-11,17,21H,12-13H2,1H3,(H2,24,29). The molecule has 160 valence electrons. The lowest BCUT2D eigenvalue weighted by Crippen LogP contribution is -2.42. The van der Waals surface area contributed by atoms with E-state index in [0.29, 0.717) is 17.7 Å². The highest BCUT2D eigenvalue weighted by molar-refractivity contribution is 7.12. The number of hydrogen-bond acceptors (Lipinski definition) is 6. The van der Waals surface area contributed by atoms with Crippen LogP contribution in [0.15, 0.2) is 69.7 Å². The number of halogens is 1. The molecule has 1 aliphatic heterocycles. The molecule has 7 nitrogen and oxygen atoms in total. The van der Waals surface area contributed by atoms with E-state index in [1.54, 1.807) is 42.8 Å². The first-order valence-electron chi connectivity index (χ1n) is 9.66. The van der Waals surface area contributed by atoms with Crippen molar-refractivity contribution in [3.05, 3.63) is 82.2 Å². The number of amides is 2. The van der Waals surface area contributed by atoms with Crippen LogP contribution in [0.2, 0.25) is 0 Å². The molecule has 2 N–H and O–H groups in total. The van der Waals surface area contributed by atoms with Gasteiger partial charge in [0.1, 0.15) is 23.7 Å². The van der Waals surface area contributed by atoms with Crippen LogP contribution in [0.3, 0.4) is 0 Å². The molecule has 31 heavy (non-hydrogen) atoms. The lowest BCUT2D eigenvalue weighted by atomic mass is 10.0. The van der Waals surface area contributed by atoms with Gasteiger partial charge < -0.3 is 10.2 Å². The summed E-state index contributed by atoms with van der Waals surface area (Å²) in [6.45, 7) is -0.136. The van der Waals surface area contributed by atoms with Crippen LogP contribution in [0.1, 0.15) is 34.7 Å². The number of furan rings is 1. The van der Waals surface area contributed by atoms with Crippen LogP contribution in [0, 0.1) is 5.82 Å². The van der Waals surface area contributed by atoms with Crippen LogP contribution < -0.4 is 5.73 Å².